The van der Waals surface area contributed by atoms with Gasteiger partial charge >= 0.3 is 6.61 Å². The van der Waals surface area contributed by atoms with Crippen molar-refractivity contribution >= 4 is 17.3 Å². The van der Waals surface area contributed by atoms with Crippen molar-refractivity contribution in [3.05, 3.63) is 48.0 Å². The molecule has 0 saturated heterocycles. The maximum atomic E-state index is 12.4. The zero-order valence-electron chi connectivity index (χ0n) is 13.5. The van der Waals surface area contributed by atoms with E-state index >= 15 is 0 Å². The molecule has 2 aromatic rings. The van der Waals surface area contributed by atoms with E-state index in [0.29, 0.717) is 11.3 Å². The first-order valence-corrected chi connectivity index (χ1v) is 7.12. The lowest BCUT2D eigenvalue weighted by atomic mass is 10.1. The first-order chi connectivity index (χ1) is 11.4. The molecule has 0 aliphatic carbocycles. The van der Waals surface area contributed by atoms with Crippen LogP contribution in [0.25, 0.3) is 0 Å². The highest BCUT2D eigenvalue weighted by molar-refractivity contribution is 6.05. The molecule has 5 nitrogen and oxygen atoms in total. The molecule has 0 aliphatic heterocycles. The first-order valence-electron chi connectivity index (χ1n) is 7.12. The average Bonchev–Trinajstić information content (AvgIpc) is 2.54. The lowest BCUT2D eigenvalue weighted by molar-refractivity contribution is -0.0511. The second-order valence-corrected chi connectivity index (χ2v) is 5.14. The van der Waals surface area contributed by atoms with Gasteiger partial charge in [0.15, 0.2) is 11.5 Å². The minimum Gasteiger partial charge on any atom is -0.493 e. The van der Waals surface area contributed by atoms with Crippen molar-refractivity contribution in [1.29, 1.82) is 0 Å². The quantitative estimate of drug-likeness (QED) is 0.875. The number of alkyl halides is 2. The number of carbonyl (C=O) groups excluding carboxylic acids is 1. The number of nitrogens with zero attached hydrogens (tertiary/aromatic N) is 1. The highest BCUT2D eigenvalue weighted by atomic mass is 19.3. The molecule has 0 unspecified atom stereocenters. The lowest BCUT2D eigenvalue weighted by Crippen LogP contribution is -2.14. The van der Waals surface area contributed by atoms with E-state index in [4.69, 9.17) is 4.74 Å². The van der Waals surface area contributed by atoms with Gasteiger partial charge in [-0.3, -0.25) is 4.79 Å². The molecule has 0 aromatic heterocycles. The normalized spacial score (nSPS) is 10.4. The Morgan fingerprint density at radius 3 is 2.50 bits per heavy atom. The first kappa shape index (κ1) is 17.5. The molecule has 0 saturated carbocycles. The van der Waals surface area contributed by atoms with Gasteiger partial charge in [-0.25, -0.2) is 0 Å². The number of methoxy groups -OCH3 is 1. The largest absolute Gasteiger partial charge is 0.493 e. The van der Waals surface area contributed by atoms with E-state index in [1.807, 2.05) is 25.1 Å². The Morgan fingerprint density at radius 1 is 1.12 bits per heavy atom. The van der Waals surface area contributed by atoms with E-state index in [9.17, 15) is 13.6 Å². The Balaban J connectivity index is 2.21. The van der Waals surface area contributed by atoms with Gasteiger partial charge in [0.05, 0.1) is 7.11 Å². The SMILES string of the molecule is COc1ccc(NC(=O)c2cccc(N(C)C)c2)cc1OC(F)F. The third-order valence-corrected chi connectivity index (χ3v) is 3.26. The number of anilines is 2. The summed E-state index contributed by atoms with van der Waals surface area (Å²) < 4.78 is 34.2. The minimum atomic E-state index is -2.98. The molecule has 0 spiro atoms. The van der Waals surface area contributed by atoms with Crippen LogP contribution >= 0.6 is 0 Å². The van der Waals surface area contributed by atoms with Crippen LogP contribution in [0.3, 0.4) is 0 Å². The molecule has 128 valence electrons. The second-order valence-electron chi connectivity index (χ2n) is 5.14. The van der Waals surface area contributed by atoms with Gasteiger partial charge in [-0.1, -0.05) is 6.07 Å². The maximum absolute atomic E-state index is 12.4. The molecule has 0 fully saturated rings. The van der Waals surface area contributed by atoms with Crippen molar-refractivity contribution in [3.63, 3.8) is 0 Å². The number of amides is 1. The molecule has 0 radical (unpaired) electrons. The highest BCUT2D eigenvalue weighted by Crippen LogP contribution is 2.31. The van der Waals surface area contributed by atoms with Gasteiger partial charge in [0, 0.05) is 37.1 Å². The van der Waals surface area contributed by atoms with E-state index in [1.54, 1.807) is 24.3 Å². The fourth-order valence-corrected chi connectivity index (χ4v) is 2.07. The summed E-state index contributed by atoms with van der Waals surface area (Å²) >= 11 is 0. The summed E-state index contributed by atoms with van der Waals surface area (Å²) in [4.78, 5) is 14.2. The minimum absolute atomic E-state index is 0.146. The number of nitrogens with one attached hydrogen (secondary N) is 1. The Kier molecular flexibility index (Phi) is 5.57. The summed E-state index contributed by atoms with van der Waals surface area (Å²) in [5, 5.41) is 2.65. The third-order valence-electron chi connectivity index (χ3n) is 3.26. The molecular weight excluding hydrogens is 318 g/mol. The molecule has 2 aromatic carbocycles. The molecular formula is C17H18F2N2O3. The molecule has 7 heteroatoms. The van der Waals surface area contributed by atoms with Gasteiger partial charge in [0.2, 0.25) is 0 Å². The second kappa shape index (κ2) is 7.63. The van der Waals surface area contributed by atoms with E-state index < -0.39 is 6.61 Å². The van der Waals surface area contributed by atoms with Crippen LogP contribution in [0, 0.1) is 0 Å². The summed E-state index contributed by atoms with van der Waals surface area (Å²) in [7, 11) is 5.08. The average molecular weight is 336 g/mol. The zero-order chi connectivity index (χ0) is 17.7. The number of carbonyl (C=O) groups is 1. The van der Waals surface area contributed by atoms with Crippen molar-refractivity contribution < 1.29 is 23.0 Å². The summed E-state index contributed by atoms with van der Waals surface area (Å²) in [6, 6.07) is 11.3. The number of ether oxygens (including phenoxy) is 2. The van der Waals surface area contributed by atoms with Crippen molar-refractivity contribution in [2.24, 2.45) is 0 Å². The summed E-state index contributed by atoms with van der Waals surface area (Å²) in [5.74, 6) is -0.345. The van der Waals surface area contributed by atoms with Crippen LogP contribution in [0.1, 0.15) is 10.4 Å². The fraction of sp³-hybridized carbons (Fsp3) is 0.235. The van der Waals surface area contributed by atoms with Gasteiger partial charge < -0.3 is 19.7 Å². The number of hydrogen-bond acceptors (Lipinski definition) is 4. The van der Waals surface area contributed by atoms with Crippen LogP contribution < -0.4 is 19.7 Å². The zero-order valence-corrected chi connectivity index (χ0v) is 13.5. The fourth-order valence-electron chi connectivity index (χ4n) is 2.07. The molecule has 0 heterocycles. The third kappa shape index (κ3) is 4.34. The summed E-state index contributed by atoms with van der Waals surface area (Å²) in [6.45, 7) is -2.98. The van der Waals surface area contributed by atoms with Crippen LogP contribution in [0.5, 0.6) is 11.5 Å². The molecule has 0 bridgehead atoms. The lowest BCUT2D eigenvalue weighted by Gasteiger charge is -2.14. The van der Waals surface area contributed by atoms with Crippen LogP contribution in [0.15, 0.2) is 42.5 Å². The van der Waals surface area contributed by atoms with Crippen molar-refractivity contribution in [2.45, 2.75) is 6.61 Å². The van der Waals surface area contributed by atoms with Gasteiger partial charge in [-0.05, 0) is 30.3 Å². The molecule has 0 atom stereocenters. The van der Waals surface area contributed by atoms with Crippen LogP contribution in [-0.2, 0) is 0 Å². The Morgan fingerprint density at radius 2 is 1.88 bits per heavy atom. The predicted molar refractivity (Wildman–Crippen MR) is 88.3 cm³/mol. The Bertz CT molecular complexity index is 721. The van der Waals surface area contributed by atoms with Crippen molar-refractivity contribution in [1.82, 2.24) is 0 Å². The van der Waals surface area contributed by atoms with E-state index in [1.165, 1.54) is 19.2 Å². The maximum Gasteiger partial charge on any atom is 0.387 e. The predicted octanol–water partition coefficient (Wildman–Crippen LogP) is 3.61. The smallest absolute Gasteiger partial charge is 0.387 e. The van der Waals surface area contributed by atoms with Gasteiger partial charge in [0.25, 0.3) is 5.91 Å². The molecule has 24 heavy (non-hydrogen) atoms. The highest BCUT2D eigenvalue weighted by Gasteiger charge is 2.13. The molecule has 0 aliphatic rings. The van der Waals surface area contributed by atoms with E-state index in [0.717, 1.165) is 5.69 Å². The standard InChI is InChI=1S/C17H18F2N2O3/c1-21(2)13-6-4-5-11(9-13)16(22)20-12-7-8-14(23-3)15(10-12)24-17(18)19/h4-10,17H,1-3H3,(H,20,22). The van der Waals surface area contributed by atoms with Crippen LogP contribution in [0.4, 0.5) is 20.2 Å². The number of hydrogen-bond donors (Lipinski definition) is 1. The monoisotopic (exact) mass is 336 g/mol. The van der Waals surface area contributed by atoms with E-state index in [2.05, 4.69) is 10.1 Å². The van der Waals surface area contributed by atoms with Crippen molar-refractivity contribution in [3.8, 4) is 11.5 Å². The van der Waals surface area contributed by atoms with Crippen LogP contribution in [0.2, 0.25) is 0 Å². The molecule has 1 amide bonds. The van der Waals surface area contributed by atoms with Gasteiger partial charge in [0.1, 0.15) is 0 Å². The Labute approximate surface area is 138 Å². The van der Waals surface area contributed by atoms with Gasteiger partial charge in [-0.2, -0.15) is 8.78 Å². The summed E-state index contributed by atoms with van der Waals surface area (Å²) in [5.41, 5.74) is 1.65. The molecule has 2 rings (SSSR count). The van der Waals surface area contributed by atoms with Crippen molar-refractivity contribution in [2.75, 3.05) is 31.4 Å². The Hall–Kier alpha value is -2.83. The van der Waals surface area contributed by atoms with E-state index in [-0.39, 0.29) is 17.4 Å². The number of halogens is 2. The van der Waals surface area contributed by atoms with Crippen LogP contribution in [-0.4, -0.2) is 33.7 Å². The molecule has 1 N–H and O–H groups in total. The van der Waals surface area contributed by atoms with Gasteiger partial charge in [-0.15, -0.1) is 0 Å². The number of benzene rings is 2. The number of rotatable bonds is 6. The summed E-state index contributed by atoms with van der Waals surface area (Å²) in [6.07, 6.45) is 0. The topological polar surface area (TPSA) is 50.8 Å².